The summed E-state index contributed by atoms with van der Waals surface area (Å²) in [5.74, 6) is 0.0178. The van der Waals surface area contributed by atoms with Gasteiger partial charge in [0, 0.05) is 5.56 Å². The van der Waals surface area contributed by atoms with Crippen LogP contribution in [0.5, 0.6) is 0 Å². The number of benzene rings is 5. The summed E-state index contributed by atoms with van der Waals surface area (Å²) in [6.45, 7) is 0. The van der Waals surface area contributed by atoms with Crippen LogP contribution in [0.3, 0.4) is 0 Å². The van der Waals surface area contributed by atoms with Crippen molar-refractivity contribution in [2.24, 2.45) is 0 Å². The molecule has 0 atom stereocenters. The molecule has 0 saturated carbocycles. The number of carbonyl (C=O) groups is 1. The van der Waals surface area contributed by atoms with E-state index in [1.54, 1.807) is 6.08 Å². The highest BCUT2D eigenvalue weighted by molar-refractivity contribution is 6.06. The van der Waals surface area contributed by atoms with E-state index in [0.29, 0.717) is 5.56 Å². The zero-order valence-corrected chi connectivity index (χ0v) is 20.9. The van der Waals surface area contributed by atoms with Crippen LogP contribution in [0.25, 0.3) is 6.08 Å². The average Bonchev–Trinajstić information content (AvgIpc) is 2.96. The fourth-order valence-electron chi connectivity index (χ4n) is 4.79. The Bertz CT molecular complexity index is 1470. The zero-order chi connectivity index (χ0) is 25.3. The minimum Gasteiger partial charge on any atom is -0.289 e. The van der Waals surface area contributed by atoms with Gasteiger partial charge in [0.15, 0.2) is 5.78 Å². The van der Waals surface area contributed by atoms with Gasteiger partial charge in [0.05, 0.1) is 0 Å². The summed E-state index contributed by atoms with van der Waals surface area (Å²) in [5, 5.41) is 0. The first-order valence-corrected chi connectivity index (χ1v) is 12.8. The van der Waals surface area contributed by atoms with Crippen molar-refractivity contribution >= 4 is 11.9 Å². The third-order valence-corrected chi connectivity index (χ3v) is 6.72. The Morgan fingerprint density at radius 1 is 0.486 bits per heavy atom. The van der Waals surface area contributed by atoms with Crippen LogP contribution >= 0.6 is 0 Å². The van der Waals surface area contributed by atoms with Crippen LogP contribution in [0.1, 0.15) is 49.3 Å². The highest BCUT2D eigenvalue weighted by Crippen LogP contribution is 2.28. The van der Waals surface area contributed by atoms with Crippen molar-refractivity contribution in [3.8, 4) is 0 Å². The molecule has 0 radical (unpaired) electrons. The summed E-state index contributed by atoms with van der Waals surface area (Å²) in [6, 6.07) is 45.8. The van der Waals surface area contributed by atoms with Crippen LogP contribution in [0, 0.1) is 0 Å². The molecule has 5 aromatic carbocycles. The maximum atomic E-state index is 12.9. The SMILES string of the molecule is O=C(C=Cc1ccc(Cc2ccccc2)c(Cc2ccccc2)c1Cc1ccccc1)c1ccccc1. The summed E-state index contributed by atoms with van der Waals surface area (Å²) in [4.78, 5) is 12.9. The van der Waals surface area contributed by atoms with Gasteiger partial charge < -0.3 is 0 Å². The molecule has 0 spiro atoms. The maximum absolute atomic E-state index is 12.9. The number of rotatable bonds is 9. The molecule has 0 aliphatic rings. The highest BCUT2D eigenvalue weighted by Gasteiger charge is 2.15. The van der Waals surface area contributed by atoms with Crippen molar-refractivity contribution < 1.29 is 4.79 Å². The Balaban J connectivity index is 1.61. The van der Waals surface area contributed by atoms with Crippen molar-refractivity contribution in [2.75, 3.05) is 0 Å². The summed E-state index contributed by atoms with van der Waals surface area (Å²) in [5.41, 5.74) is 9.58. The van der Waals surface area contributed by atoms with Gasteiger partial charge >= 0.3 is 0 Å². The zero-order valence-electron chi connectivity index (χ0n) is 20.9. The van der Waals surface area contributed by atoms with Gasteiger partial charge in [-0.1, -0.05) is 140 Å². The summed E-state index contributed by atoms with van der Waals surface area (Å²) in [6.07, 6.45) is 6.23. The van der Waals surface area contributed by atoms with Gasteiger partial charge in [0.1, 0.15) is 0 Å². The minimum atomic E-state index is 0.0178. The molecule has 0 saturated heterocycles. The molecule has 0 heterocycles. The van der Waals surface area contributed by atoms with Crippen LogP contribution in [0.2, 0.25) is 0 Å². The van der Waals surface area contributed by atoms with Gasteiger partial charge in [-0.15, -0.1) is 0 Å². The van der Waals surface area contributed by atoms with Crippen molar-refractivity contribution in [3.63, 3.8) is 0 Å². The van der Waals surface area contributed by atoms with E-state index in [1.165, 1.54) is 33.4 Å². The van der Waals surface area contributed by atoms with Crippen molar-refractivity contribution in [3.05, 3.63) is 184 Å². The Hall–Kier alpha value is -4.49. The van der Waals surface area contributed by atoms with Crippen LogP contribution < -0.4 is 0 Å². The van der Waals surface area contributed by atoms with E-state index in [4.69, 9.17) is 0 Å². The van der Waals surface area contributed by atoms with Gasteiger partial charge in [0.25, 0.3) is 0 Å². The first-order chi connectivity index (χ1) is 18.3. The Morgan fingerprint density at radius 2 is 0.946 bits per heavy atom. The van der Waals surface area contributed by atoms with Crippen molar-refractivity contribution in [1.82, 2.24) is 0 Å². The van der Waals surface area contributed by atoms with Crippen molar-refractivity contribution in [1.29, 1.82) is 0 Å². The molecular weight excluding hydrogens is 448 g/mol. The third kappa shape index (κ3) is 6.39. The predicted octanol–water partition coefficient (Wildman–Crippen LogP) is 8.36. The minimum absolute atomic E-state index is 0.0178. The molecule has 37 heavy (non-hydrogen) atoms. The number of ketones is 1. The lowest BCUT2D eigenvalue weighted by atomic mass is 9.85. The van der Waals surface area contributed by atoms with E-state index < -0.39 is 0 Å². The number of hydrogen-bond donors (Lipinski definition) is 0. The topological polar surface area (TPSA) is 17.1 Å². The van der Waals surface area contributed by atoms with Crippen LogP contribution in [0.15, 0.2) is 140 Å². The second-order valence-electron chi connectivity index (χ2n) is 9.32. The Kier molecular flexibility index (Phi) is 7.83. The monoisotopic (exact) mass is 478 g/mol. The van der Waals surface area contributed by atoms with Gasteiger partial charge in [-0.25, -0.2) is 0 Å². The van der Waals surface area contributed by atoms with E-state index in [-0.39, 0.29) is 5.78 Å². The summed E-state index contributed by atoms with van der Waals surface area (Å²) < 4.78 is 0. The maximum Gasteiger partial charge on any atom is 0.185 e. The fourth-order valence-corrected chi connectivity index (χ4v) is 4.79. The largest absolute Gasteiger partial charge is 0.289 e. The molecule has 5 aromatic rings. The highest BCUT2D eigenvalue weighted by atomic mass is 16.1. The average molecular weight is 479 g/mol. The molecular formula is C36H30O. The lowest BCUT2D eigenvalue weighted by Crippen LogP contribution is -2.06. The predicted molar refractivity (Wildman–Crippen MR) is 154 cm³/mol. The molecule has 0 bridgehead atoms. The number of carbonyl (C=O) groups excluding carboxylic acids is 1. The molecule has 0 N–H and O–H groups in total. The van der Waals surface area contributed by atoms with E-state index in [9.17, 15) is 4.79 Å². The molecule has 1 heteroatoms. The Labute approximate surface area is 219 Å². The van der Waals surface area contributed by atoms with Crippen molar-refractivity contribution in [2.45, 2.75) is 19.3 Å². The number of hydrogen-bond acceptors (Lipinski definition) is 1. The molecule has 0 aliphatic heterocycles. The molecule has 0 unspecified atom stereocenters. The van der Waals surface area contributed by atoms with E-state index in [1.807, 2.05) is 36.4 Å². The van der Waals surface area contributed by atoms with Gasteiger partial charge in [-0.3, -0.25) is 4.79 Å². The Morgan fingerprint density at radius 3 is 1.49 bits per heavy atom. The van der Waals surface area contributed by atoms with Gasteiger partial charge in [-0.05, 0) is 64.3 Å². The third-order valence-electron chi connectivity index (χ3n) is 6.72. The van der Waals surface area contributed by atoms with Crippen LogP contribution in [-0.4, -0.2) is 5.78 Å². The lowest BCUT2D eigenvalue weighted by molar-refractivity contribution is 0.104. The smallest absolute Gasteiger partial charge is 0.185 e. The second kappa shape index (κ2) is 12.0. The van der Waals surface area contributed by atoms with Crippen LogP contribution in [-0.2, 0) is 19.3 Å². The van der Waals surface area contributed by atoms with Gasteiger partial charge in [0.2, 0.25) is 0 Å². The standard InChI is InChI=1S/C36H30O/c37-36(32-19-11-4-12-20-32)24-23-31-21-22-33(25-28-13-5-1-6-14-28)35(27-30-17-9-3-10-18-30)34(31)26-29-15-7-2-8-16-29/h1-24H,25-27H2. The molecule has 1 nitrogen and oxygen atoms in total. The van der Waals surface area contributed by atoms with Crippen LogP contribution in [0.4, 0.5) is 0 Å². The lowest BCUT2D eigenvalue weighted by Gasteiger charge is -2.19. The molecule has 180 valence electrons. The molecule has 0 fully saturated rings. The van der Waals surface area contributed by atoms with Gasteiger partial charge in [-0.2, -0.15) is 0 Å². The van der Waals surface area contributed by atoms with E-state index >= 15 is 0 Å². The molecule has 0 aromatic heterocycles. The summed E-state index contributed by atoms with van der Waals surface area (Å²) >= 11 is 0. The first-order valence-electron chi connectivity index (χ1n) is 12.8. The summed E-state index contributed by atoms with van der Waals surface area (Å²) in [7, 11) is 0. The molecule has 0 amide bonds. The quantitative estimate of drug-likeness (QED) is 0.154. The molecule has 5 rings (SSSR count). The fraction of sp³-hybridized carbons (Fsp3) is 0.0833. The normalized spacial score (nSPS) is 11.0. The van der Waals surface area contributed by atoms with E-state index in [0.717, 1.165) is 24.8 Å². The van der Waals surface area contributed by atoms with E-state index in [2.05, 4.69) is 103 Å². The first kappa shape index (κ1) is 24.2. The number of allylic oxidation sites excluding steroid dienone is 1. The second-order valence-corrected chi connectivity index (χ2v) is 9.32. The molecule has 0 aliphatic carbocycles.